The van der Waals surface area contributed by atoms with E-state index in [0.29, 0.717) is 6.54 Å². The highest BCUT2D eigenvalue weighted by Gasteiger charge is 1.99. The van der Waals surface area contributed by atoms with E-state index < -0.39 is 0 Å². The Morgan fingerprint density at radius 3 is 2.62 bits per heavy atom. The zero-order chi connectivity index (χ0) is 11.2. The van der Waals surface area contributed by atoms with E-state index >= 15 is 0 Å². The molecule has 0 spiro atoms. The Kier molecular flexibility index (Phi) is 3.91. The van der Waals surface area contributed by atoms with Crippen LogP contribution in [0.15, 0.2) is 48.5 Å². The summed E-state index contributed by atoms with van der Waals surface area (Å²) in [6, 6.07) is 14.8. The monoisotopic (exact) mass is 229 g/mol. The first-order valence-corrected chi connectivity index (χ1v) is 6.23. The SMILES string of the molecule is NCCC=Cc1ccc(-c2ccccc2)s1. The topological polar surface area (TPSA) is 26.0 Å². The number of hydrogen-bond acceptors (Lipinski definition) is 2. The summed E-state index contributed by atoms with van der Waals surface area (Å²) in [5, 5.41) is 0. The fourth-order valence-corrected chi connectivity index (χ4v) is 2.44. The van der Waals surface area contributed by atoms with Crippen molar-refractivity contribution in [2.24, 2.45) is 5.73 Å². The van der Waals surface area contributed by atoms with Crippen LogP contribution in [0.1, 0.15) is 11.3 Å². The lowest BCUT2D eigenvalue weighted by Crippen LogP contribution is -1.94. The van der Waals surface area contributed by atoms with Crippen LogP contribution in [0.4, 0.5) is 0 Å². The Balaban J connectivity index is 2.14. The Bertz CT molecular complexity index is 457. The van der Waals surface area contributed by atoms with Gasteiger partial charge in [0.15, 0.2) is 0 Å². The number of nitrogens with two attached hydrogens (primary N) is 1. The first-order valence-electron chi connectivity index (χ1n) is 5.42. The highest BCUT2D eigenvalue weighted by Crippen LogP contribution is 2.28. The van der Waals surface area contributed by atoms with Gasteiger partial charge >= 0.3 is 0 Å². The first-order chi connectivity index (χ1) is 7.90. The van der Waals surface area contributed by atoms with E-state index in [-0.39, 0.29) is 0 Å². The molecule has 0 aliphatic rings. The average Bonchev–Trinajstić information content (AvgIpc) is 2.79. The number of rotatable bonds is 4. The molecular formula is C14H15NS. The fourth-order valence-electron chi connectivity index (χ4n) is 1.50. The molecule has 16 heavy (non-hydrogen) atoms. The minimum Gasteiger partial charge on any atom is -0.330 e. The fraction of sp³-hybridized carbons (Fsp3) is 0.143. The average molecular weight is 229 g/mol. The smallest absolute Gasteiger partial charge is 0.0349 e. The Hall–Kier alpha value is -1.38. The summed E-state index contributed by atoms with van der Waals surface area (Å²) in [5.74, 6) is 0. The molecule has 0 radical (unpaired) electrons. The minimum absolute atomic E-state index is 0.716. The van der Waals surface area contributed by atoms with Crippen LogP contribution in [0.3, 0.4) is 0 Å². The molecule has 1 nitrogen and oxygen atoms in total. The summed E-state index contributed by atoms with van der Waals surface area (Å²) in [4.78, 5) is 2.60. The van der Waals surface area contributed by atoms with Crippen LogP contribution < -0.4 is 5.73 Å². The molecule has 0 atom stereocenters. The summed E-state index contributed by atoms with van der Waals surface area (Å²) in [6.45, 7) is 0.716. The van der Waals surface area contributed by atoms with Gasteiger partial charge in [-0.05, 0) is 36.7 Å². The lowest BCUT2D eigenvalue weighted by atomic mass is 10.2. The van der Waals surface area contributed by atoms with Crippen molar-refractivity contribution in [3.63, 3.8) is 0 Å². The van der Waals surface area contributed by atoms with Crippen LogP contribution in [0, 0.1) is 0 Å². The number of benzene rings is 1. The van der Waals surface area contributed by atoms with E-state index in [1.165, 1.54) is 15.3 Å². The van der Waals surface area contributed by atoms with Gasteiger partial charge < -0.3 is 5.73 Å². The molecule has 0 amide bonds. The molecule has 0 saturated heterocycles. The summed E-state index contributed by atoms with van der Waals surface area (Å²) < 4.78 is 0. The molecule has 0 aliphatic heterocycles. The van der Waals surface area contributed by atoms with Gasteiger partial charge in [-0.2, -0.15) is 0 Å². The van der Waals surface area contributed by atoms with Gasteiger partial charge in [0, 0.05) is 9.75 Å². The van der Waals surface area contributed by atoms with E-state index in [1.54, 1.807) is 0 Å². The summed E-state index contributed by atoms with van der Waals surface area (Å²) in [6.07, 6.45) is 5.21. The van der Waals surface area contributed by atoms with Crippen molar-refractivity contribution in [1.82, 2.24) is 0 Å². The van der Waals surface area contributed by atoms with Gasteiger partial charge in [-0.15, -0.1) is 11.3 Å². The van der Waals surface area contributed by atoms with Crippen LogP contribution in [-0.2, 0) is 0 Å². The second-order valence-corrected chi connectivity index (χ2v) is 4.66. The molecule has 82 valence electrons. The van der Waals surface area contributed by atoms with Crippen molar-refractivity contribution >= 4 is 17.4 Å². The quantitative estimate of drug-likeness (QED) is 0.848. The number of thiophene rings is 1. The normalized spacial score (nSPS) is 11.1. The van der Waals surface area contributed by atoms with E-state index in [9.17, 15) is 0 Å². The maximum atomic E-state index is 5.44. The van der Waals surface area contributed by atoms with Crippen molar-refractivity contribution in [2.75, 3.05) is 6.54 Å². The molecule has 2 rings (SSSR count). The molecule has 0 saturated carbocycles. The summed E-state index contributed by atoms with van der Waals surface area (Å²) in [7, 11) is 0. The van der Waals surface area contributed by atoms with Gasteiger partial charge in [0.1, 0.15) is 0 Å². The van der Waals surface area contributed by atoms with Crippen molar-refractivity contribution in [3.8, 4) is 10.4 Å². The van der Waals surface area contributed by atoms with Gasteiger partial charge in [0.05, 0.1) is 0 Å². The highest BCUT2D eigenvalue weighted by atomic mass is 32.1. The molecule has 0 unspecified atom stereocenters. The summed E-state index contributed by atoms with van der Waals surface area (Å²) in [5.41, 5.74) is 6.72. The largest absolute Gasteiger partial charge is 0.330 e. The third kappa shape index (κ3) is 2.81. The van der Waals surface area contributed by atoms with Crippen molar-refractivity contribution < 1.29 is 0 Å². The standard InChI is InChI=1S/C14H15NS/c15-11-5-4-8-13-9-10-14(16-13)12-6-2-1-3-7-12/h1-4,6-10H,5,11,15H2. The predicted molar refractivity (Wildman–Crippen MR) is 72.5 cm³/mol. The molecule has 0 aliphatic carbocycles. The molecule has 2 N–H and O–H groups in total. The zero-order valence-corrected chi connectivity index (χ0v) is 9.91. The highest BCUT2D eigenvalue weighted by molar-refractivity contribution is 7.16. The third-order valence-electron chi connectivity index (χ3n) is 2.30. The maximum Gasteiger partial charge on any atom is 0.0349 e. The third-order valence-corrected chi connectivity index (χ3v) is 3.40. The van der Waals surface area contributed by atoms with Gasteiger partial charge in [-0.3, -0.25) is 0 Å². The molecule has 1 heterocycles. The molecular weight excluding hydrogens is 214 g/mol. The lowest BCUT2D eigenvalue weighted by molar-refractivity contribution is 1.01. The minimum atomic E-state index is 0.716. The van der Waals surface area contributed by atoms with Crippen molar-refractivity contribution in [1.29, 1.82) is 0 Å². The zero-order valence-electron chi connectivity index (χ0n) is 9.10. The van der Waals surface area contributed by atoms with Crippen molar-refractivity contribution in [2.45, 2.75) is 6.42 Å². The van der Waals surface area contributed by atoms with Crippen molar-refractivity contribution in [3.05, 3.63) is 53.4 Å². The van der Waals surface area contributed by atoms with Gasteiger partial charge in [-0.25, -0.2) is 0 Å². The van der Waals surface area contributed by atoms with Crippen LogP contribution in [-0.4, -0.2) is 6.54 Å². The van der Waals surface area contributed by atoms with E-state index in [4.69, 9.17) is 5.73 Å². The summed E-state index contributed by atoms with van der Waals surface area (Å²) >= 11 is 1.81. The van der Waals surface area contributed by atoms with Crippen LogP contribution in [0.25, 0.3) is 16.5 Å². The van der Waals surface area contributed by atoms with Gasteiger partial charge in [0.2, 0.25) is 0 Å². The second-order valence-electron chi connectivity index (χ2n) is 3.55. The lowest BCUT2D eigenvalue weighted by Gasteiger charge is -1.94. The molecule has 1 aromatic heterocycles. The van der Waals surface area contributed by atoms with Crippen LogP contribution in [0.2, 0.25) is 0 Å². The Morgan fingerprint density at radius 2 is 1.88 bits per heavy atom. The maximum absolute atomic E-state index is 5.44. The molecule has 0 bridgehead atoms. The van der Waals surface area contributed by atoms with Gasteiger partial charge in [0.25, 0.3) is 0 Å². The predicted octanol–water partition coefficient (Wildman–Crippen LogP) is 3.78. The van der Waals surface area contributed by atoms with E-state index in [0.717, 1.165) is 6.42 Å². The van der Waals surface area contributed by atoms with E-state index in [2.05, 4.69) is 48.6 Å². The first kappa shape index (κ1) is 11.1. The Labute approximate surface area is 100 Å². The molecule has 0 fully saturated rings. The number of hydrogen-bond donors (Lipinski definition) is 1. The molecule has 1 aromatic carbocycles. The van der Waals surface area contributed by atoms with Gasteiger partial charge in [-0.1, -0.05) is 36.4 Å². The molecule has 2 aromatic rings. The van der Waals surface area contributed by atoms with Crippen LogP contribution >= 0.6 is 11.3 Å². The van der Waals surface area contributed by atoms with Crippen LogP contribution in [0.5, 0.6) is 0 Å². The van der Waals surface area contributed by atoms with E-state index in [1.807, 2.05) is 17.4 Å². The second kappa shape index (κ2) is 5.64. The Morgan fingerprint density at radius 1 is 1.06 bits per heavy atom. The molecule has 2 heteroatoms.